The molecule has 1 aromatic rings. The number of aliphatic hydroxyl groups excluding tert-OH is 1. The lowest BCUT2D eigenvalue weighted by molar-refractivity contribution is 0.232. The molecule has 1 rings (SSSR count). The summed E-state index contributed by atoms with van der Waals surface area (Å²) >= 11 is 0. The Morgan fingerprint density at radius 1 is 1.31 bits per heavy atom. The Kier molecular flexibility index (Phi) is 5.06. The molecule has 0 bridgehead atoms. The first-order valence-electron chi connectivity index (χ1n) is 5.63. The van der Waals surface area contributed by atoms with Crippen LogP contribution in [0, 0.1) is 13.8 Å². The maximum atomic E-state index is 8.71. The molecule has 0 fully saturated rings. The van der Waals surface area contributed by atoms with Crippen molar-refractivity contribution in [2.45, 2.75) is 26.7 Å². The van der Waals surface area contributed by atoms with Crippen molar-refractivity contribution in [3.63, 3.8) is 0 Å². The van der Waals surface area contributed by atoms with Gasteiger partial charge in [0.05, 0.1) is 6.61 Å². The smallest absolute Gasteiger partial charge is 0.125 e. The monoisotopic (exact) mass is 220 g/mol. The molecule has 2 nitrogen and oxygen atoms in total. The Bertz CT molecular complexity index is 333. The summed E-state index contributed by atoms with van der Waals surface area (Å²) in [5, 5.41) is 8.71. The molecule has 0 heterocycles. The fraction of sp³-hybridized carbons (Fsp3) is 0.429. The molecule has 2 heteroatoms. The molecule has 1 N–H and O–H groups in total. The fourth-order valence-electron chi connectivity index (χ4n) is 1.79. The molecule has 0 saturated heterocycles. The number of rotatable bonds is 6. The summed E-state index contributed by atoms with van der Waals surface area (Å²) in [5.74, 6) is 0.946. The topological polar surface area (TPSA) is 29.5 Å². The van der Waals surface area contributed by atoms with Gasteiger partial charge in [-0.3, -0.25) is 0 Å². The predicted octanol–water partition coefficient (Wildman–Crippen LogP) is 2.79. The number of aliphatic hydroxyl groups is 1. The minimum Gasteiger partial charge on any atom is -0.493 e. The zero-order valence-electron chi connectivity index (χ0n) is 10.1. The summed E-state index contributed by atoms with van der Waals surface area (Å²) in [4.78, 5) is 0. The molecule has 0 amide bonds. The second-order valence-electron chi connectivity index (χ2n) is 3.98. The van der Waals surface area contributed by atoms with Crippen molar-refractivity contribution < 1.29 is 9.84 Å². The second kappa shape index (κ2) is 6.33. The van der Waals surface area contributed by atoms with E-state index in [1.807, 2.05) is 19.9 Å². The standard InChI is InChI=1S/C14H20O2/c1-4-6-13-9-11(2)14(12(3)10-13)16-8-5-7-15/h4,9-10,15H,1,5-8H2,2-3H3. The molecule has 0 aliphatic rings. The summed E-state index contributed by atoms with van der Waals surface area (Å²) in [6.07, 6.45) is 3.46. The first-order chi connectivity index (χ1) is 7.69. The second-order valence-corrected chi connectivity index (χ2v) is 3.98. The predicted molar refractivity (Wildman–Crippen MR) is 67.0 cm³/mol. The number of hydrogen-bond acceptors (Lipinski definition) is 2. The van der Waals surface area contributed by atoms with Gasteiger partial charge in [0, 0.05) is 13.0 Å². The van der Waals surface area contributed by atoms with Crippen LogP contribution in [0.2, 0.25) is 0 Å². The van der Waals surface area contributed by atoms with Gasteiger partial charge in [-0.1, -0.05) is 18.2 Å². The largest absolute Gasteiger partial charge is 0.493 e. The van der Waals surface area contributed by atoms with E-state index in [9.17, 15) is 0 Å². The van der Waals surface area contributed by atoms with Gasteiger partial charge in [0.25, 0.3) is 0 Å². The van der Waals surface area contributed by atoms with Crippen molar-refractivity contribution in [1.29, 1.82) is 0 Å². The Morgan fingerprint density at radius 3 is 2.44 bits per heavy atom. The summed E-state index contributed by atoms with van der Waals surface area (Å²) in [7, 11) is 0. The first-order valence-corrected chi connectivity index (χ1v) is 5.63. The maximum absolute atomic E-state index is 8.71. The van der Waals surface area contributed by atoms with E-state index < -0.39 is 0 Å². The molecule has 0 radical (unpaired) electrons. The van der Waals surface area contributed by atoms with Crippen molar-refractivity contribution in [2.75, 3.05) is 13.2 Å². The molecule has 0 atom stereocenters. The van der Waals surface area contributed by atoms with Crippen LogP contribution in [0.5, 0.6) is 5.75 Å². The molecule has 0 saturated carbocycles. The van der Waals surface area contributed by atoms with Crippen molar-refractivity contribution >= 4 is 0 Å². The third-order valence-corrected chi connectivity index (χ3v) is 2.45. The number of benzene rings is 1. The molecule has 1 aromatic carbocycles. The van der Waals surface area contributed by atoms with Crippen LogP contribution in [0.1, 0.15) is 23.1 Å². The minimum absolute atomic E-state index is 0.173. The lowest BCUT2D eigenvalue weighted by Gasteiger charge is -2.13. The van der Waals surface area contributed by atoms with Crippen LogP contribution in [0.15, 0.2) is 24.8 Å². The Labute approximate surface area is 97.6 Å². The third kappa shape index (κ3) is 3.38. The third-order valence-electron chi connectivity index (χ3n) is 2.45. The lowest BCUT2D eigenvalue weighted by Crippen LogP contribution is -2.03. The van der Waals surface area contributed by atoms with E-state index in [0.29, 0.717) is 13.0 Å². The van der Waals surface area contributed by atoms with Gasteiger partial charge in [0.1, 0.15) is 5.75 Å². The summed E-state index contributed by atoms with van der Waals surface area (Å²) < 4.78 is 5.66. The van der Waals surface area contributed by atoms with Gasteiger partial charge >= 0.3 is 0 Å². The Morgan fingerprint density at radius 2 is 1.94 bits per heavy atom. The van der Waals surface area contributed by atoms with Crippen LogP contribution in [-0.4, -0.2) is 18.3 Å². The van der Waals surface area contributed by atoms with E-state index in [1.165, 1.54) is 5.56 Å². The van der Waals surface area contributed by atoms with E-state index in [2.05, 4.69) is 18.7 Å². The van der Waals surface area contributed by atoms with E-state index in [1.54, 1.807) is 0 Å². The molecule has 88 valence electrons. The van der Waals surface area contributed by atoms with Gasteiger partial charge in [-0.2, -0.15) is 0 Å². The van der Waals surface area contributed by atoms with E-state index in [0.717, 1.165) is 23.3 Å². The van der Waals surface area contributed by atoms with Gasteiger partial charge in [-0.05, 0) is 37.0 Å². The highest BCUT2D eigenvalue weighted by molar-refractivity contribution is 5.43. The van der Waals surface area contributed by atoms with Crippen LogP contribution in [0.25, 0.3) is 0 Å². The average Bonchev–Trinajstić information content (AvgIpc) is 2.23. The van der Waals surface area contributed by atoms with Crippen molar-refractivity contribution in [3.8, 4) is 5.75 Å². The Hall–Kier alpha value is -1.28. The molecular weight excluding hydrogens is 200 g/mol. The molecule has 0 spiro atoms. The maximum Gasteiger partial charge on any atom is 0.125 e. The highest BCUT2D eigenvalue weighted by Crippen LogP contribution is 2.25. The van der Waals surface area contributed by atoms with E-state index in [4.69, 9.17) is 9.84 Å². The normalized spacial score (nSPS) is 10.2. The highest BCUT2D eigenvalue weighted by Gasteiger charge is 2.05. The van der Waals surface area contributed by atoms with Gasteiger partial charge < -0.3 is 9.84 Å². The van der Waals surface area contributed by atoms with Crippen LogP contribution in [0.4, 0.5) is 0 Å². The minimum atomic E-state index is 0.173. The molecule has 0 unspecified atom stereocenters. The van der Waals surface area contributed by atoms with Crippen LogP contribution in [-0.2, 0) is 6.42 Å². The van der Waals surface area contributed by atoms with Crippen molar-refractivity contribution in [3.05, 3.63) is 41.5 Å². The highest BCUT2D eigenvalue weighted by atomic mass is 16.5. The fourth-order valence-corrected chi connectivity index (χ4v) is 1.79. The quantitative estimate of drug-likeness (QED) is 0.590. The SMILES string of the molecule is C=CCc1cc(C)c(OCCCO)c(C)c1. The molecule has 0 aliphatic carbocycles. The molecule has 0 aromatic heterocycles. The molecule has 16 heavy (non-hydrogen) atoms. The van der Waals surface area contributed by atoms with E-state index >= 15 is 0 Å². The van der Waals surface area contributed by atoms with Crippen LogP contribution in [0.3, 0.4) is 0 Å². The van der Waals surface area contributed by atoms with Crippen molar-refractivity contribution in [2.24, 2.45) is 0 Å². The van der Waals surface area contributed by atoms with Crippen LogP contribution >= 0.6 is 0 Å². The summed E-state index contributed by atoms with van der Waals surface area (Å²) in [5.41, 5.74) is 3.56. The number of hydrogen-bond donors (Lipinski definition) is 1. The zero-order chi connectivity index (χ0) is 12.0. The Balaban J connectivity index is 2.80. The molecular formula is C14H20O2. The van der Waals surface area contributed by atoms with Crippen LogP contribution < -0.4 is 4.74 Å². The van der Waals surface area contributed by atoms with Gasteiger partial charge in [0.15, 0.2) is 0 Å². The first kappa shape index (κ1) is 12.8. The number of allylic oxidation sites excluding steroid dienone is 1. The van der Waals surface area contributed by atoms with Gasteiger partial charge in [-0.25, -0.2) is 0 Å². The van der Waals surface area contributed by atoms with Gasteiger partial charge in [-0.15, -0.1) is 6.58 Å². The zero-order valence-corrected chi connectivity index (χ0v) is 10.1. The summed E-state index contributed by atoms with van der Waals surface area (Å²) in [6, 6.07) is 4.26. The van der Waals surface area contributed by atoms with Crippen molar-refractivity contribution in [1.82, 2.24) is 0 Å². The number of ether oxygens (including phenoxy) is 1. The molecule has 0 aliphatic heterocycles. The van der Waals surface area contributed by atoms with Gasteiger partial charge in [0.2, 0.25) is 0 Å². The summed E-state index contributed by atoms with van der Waals surface area (Å²) in [6.45, 7) is 8.58. The number of aryl methyl sites for hydroxylation is 2. The van der Waals surface area contributed by atoms with E-state index in [-0.39, 0.29) is 6.61 Å². The lowest BCUT2D eigenvalue weighted by atomic mass is 10.0. The average molecular weight is 220 g/mol.